The van der Waals surface area contributed by atoms with Crippen LogP contribution in [0, 0.1) is 0 Å². The molecule has 0 bridgehead atoms. The van der Waals surface area contributed by atoms with Crippen molar-refractivity contribution in [2.24, 2.45) is 0 Å². The van der Waals surface area contributed by atoms with E-state index in [-0.39, 0.29) is 0 Å². The first kappa shape index (κ1) is 52.4. The molecule has 0 aromatic rings. The van der Waals surface area contributed by atoms with Crippen molar-refractivity contribution < 1.29 is 10.6 Å². The van der Waals surface area contributed by atoms with Gasteiger partial charge >= 0.3 is 336 Å². The fourth-order valence-corrected chi connectivity index (χ4v) is 43.5. The van der Waals surface area contributed by atoms with E-state index in [1.165, 1.54) is 208 Å². The third-order valence-corrected chi connectivity index (χ3v) is 40.7. The van der Waals surface area contributed by atoms with E-state index in [4.69, 9.17) is 10.6 Å². The van der Waals surface area contributed by atoms with E-state index in [1.54, 1.807) is 0 Å². The molecule has 0 aliphatic carbocycles. The molecule has 6 heteroatoms. The second-order valence-electron chi connectivity index (χ2n) is 16.0. The minimum absolute atomic E-state index is 0.832. The predicted octanol–water partition coefficient (Wildman–Crippen LogP) is 16.4. The average Bonchev–Trinajstić information content (AvgIpc) is 3.13. The van der Waals surface area contributed by atoms with Crippen LogP contribution in [0.5, 0.6) is 0 Å². The maximum absolute atomic E-state index is 7.95. The molecular formula is C45H96O4Sn2. The Kier molecular flexibility index (Phi) is 42.2. The van der Waals surface area contributed by atoms with E-state index < -0.39 is 38.8 Å². The summed E-state index contributed by atoms with van der Waals surface area (Å²) in [5.74, 6) is 0. The van der Waals surface area contributed by atoms with Gasteiger partial charge in [-0.2, -0.15) is 0 Å². The maximum atomic E-state index is 7.95. The van der Waals surface area contributed by atoms with Gasteiger partial charge in [0.2, 0.25) is 0 Å². The van der Waals surface area contributed by atoms with Crippen LogP contribution < -0.4 is 0 Å². The molecule has 0 aliphatic heterocycles. The zero-order valence-corrected chi connectivity index (χ0v) is 41.9. The first-order chi connectivity index (χ1) is 25.1. The molecule has 0 unspecified atom stereocenters. The molecule has 0 fully saturated rings. The van der Waals surface area contributed by atoms with Crippen LogP contribution >= 0.6 is 0 Å². The summed E-state index contributed by atoms with van der Waals surface area (Å²) < 4.78 is 33.3. The molecule has 0 aliphatic rings. The quantitative estimate of drug-likeness (QED) is 0.0451. The van der Waals surface area contributed by atoms with E-state index >= 15 is 0 Å². The number of hydrogen-bond acceptors (Lipinski definition) is 4. The molecule has 51 heavy (non-hydrogen) atoms. The van der Waals surface area contributed by atoms with Crippen molar-refractivity contribution >= 4 is 38.8 Å². The summed E-state index contributed by atoms with van der Waals surface area (Å²) in [6, 6.07) is 0. The Morgan fingerprint density at radius 2 is 0.510 bits per heavy atom. The van der Waals surface area contributed by atoms with Gasteiger partial charge in [0.1, 0.15) is 0 Å². The molecular weight excluding hydrogens is 842 g/mol. The van der Waals surface area contributed by atoms with Gasteiger partial charge in [-0.15, -0.1) is 0 Å². The summed E-state index contributed by atoms with van der Waals surface area (Å²) in [5, 5.41) is 0. The van der Waals surface area contributed by atoms with Crippen LogP contribution in [0.4, 0.5) is 0 Å². The molecule has 0 heterocycles. The Bertz CT molecular complexity index is 529. The second-order valence-corrected chi connectivity index (χ2v) is 36.4. The number of rotatable bonds is 44. The van der Waals surface area contributed by atoms with Crippen LogP contribution in [0.2, 0.25) is 13.3 Å². The molecule has 0 spiro atoms. The van der Waals surface area contributed by atoms with Crippen LogP contribution in [0.1, 0.15) is 253 Å². The van der Waals surface area contributed by atoms with Crippen LogP contribution in [-0.4, -0.2) is 58.6 Å². The van der Waals surface area contributed by atoms with Crippen molar-refractivity contribution in [3.63, 3.8) is 0 Å². The third kappa shape index (κ3) is 33.3. The summed E-state index contributed by atoms with van der Waals surface area (Å²) in [4.78, 5) is 0. The summed E-state index contributed by atoms with van der Waals surface area (Å²) in [6.07, 6.45) is 43.0. The van der Waals surface area contributed by atoms with Gasteiger partial charge in [-0.3, -0.25) is 0 Å². The van der Waals surface area contributed by atoms with Gasteiger partial charge in [0.15, 0.2) is 0 Å². The monoisotopic (exact) mass is 941 g/mol. The van der Waals surface area contributed by atoms with Crippen LogP contribution in [0.15, 0.2) is 0 Å². The van der Waals surface area contributed by atoms with Gasteiger partial charge in [0, 0.05) is 0 Å². The van der Waals surface area contributed by atoms with Crippen molar-refractivity contribution in [1.29, 1.82) is 0 Å². The standard InChI is InChI=1S/3C8H17.3C7H15O.O.2Sn/c3*1-3-5-7-8-6-4-2;3*1-2-3-4-5-6-7-8;;;/h3*1,3-8H2,2H3;3*2-7H2,1H3;;;/q;;;3*-1;;+1;+2. The van der Waals surface area contributed by atoms with E-state index in [0.717, 1.165) is 37.1 Å². The SMILES string of the molecule is CCCCCCC[CH2][Sn]([CH2]CCCCCCC)([O]CCCCCCC)[O][Sn]([CH2]CCCCCCC)([O]CCCCCCC)[O]CCCCCCC. The third-order valence-electron chi connectivity index (χ3n) is 10.8. The molecule has 4 nitrogen and oxygen atoms in total. The van der Waals surface area contributed by atoms with Crippen molar-refractivity contribution in [3.05, 3.63) is 0 Å². The fraction of sp³-hybridized carbons (Fsp3) is 1.00. The van der Waals surface area contributed by atoms with Gasteiger partial charge in [-0.25, -0.2) is 0 Å². The van der Waals surface area contributed by atoms with Crippen LogP contribution in [-0.2, 0) is 10.6 Å². The zero-order valence-electron chi connectivity index (χ0n) is 36.2. The molecule has 308 valence electrons. The zero-order chi connectivity index (χ0) is 37.4. The molecule has 0 aromatic heterocycles. The Morgan fingerprint density at radius 3 is 0.843 bits per heavy atom. The summed E-state index contributed by atoms with van der Waals surface area (Å²) in [7, 11) is 0. The molecule has 0 N–H and O–H groups in total. The molecule has 0 radical (unpaired) electrons. The van der Waals surface area contributed by atoms with Crippen molar-refractivity contribution in [2.75, 3.05) is 19.8 Å². The Hall–Kier alpha value is 1.44. The molecule has 0 saturated heterocycles. The van der Waals surface area contributed by atoms with E-state index in [1.807, 2.05) is 0 Å². The van der Waals surface area contributed by atoms with Crippen LogP contribution in [0.25, 0.3) is 0 Å². The van der Waals surface area contributed by atoms with E-state index in [9.17, 15) is 0 Å². The first-order valence-corrected chi connectivity index (χ1v) is 35.6. The topological polar surface area (TPSA) is 36.9 Å². The Morgan fingerprint density at radius 1 is 0.255 bits per heavy atom. The van der Waals surface area contributed by atoms with Gasteiger partial charge in [-0.1, -0.05) is 0 Å². The molecule has 0 aromatic carbocycles. The molecule has 0 atom stereocenters. The first-order valence-electron chi connectivity index (χ1n) is 23.7. The van der Waals surface area contributed by atoms with Gasteiger partial charge in [0.25, 0.3) is 0 Å². The number of hydrogen-bond donors (Lipinski definition) is 0. The van der Waals surface area contributed by atoms with Gasteiger partial charge in [0.05, 0.1) is 0 Å². The predicted molar refractivity (Wildman–Crippen MR) is 231 cm³/mol. The minimum atomic E-state index is -3.93. The van der Waals surface area contributed by atoms with Gasteiger partial charge in [-0.05, 0) is 0 Å². The van der Waals surface area contributed by atoms with E-state index in [0.29, 0.717) is 0 Å². The summed E-state index contributed by atoms with van der Waals surface area (Å²) in [6.45, 7) is 16.5. The normalized spacial score (nSPS) is 12.4. The molecule has 0 saturated carbocycles. The summed E-state index contributed by atoms with van der Waals surface area (Å²) in [5.41, 5.74) is 0. The Labute approximate surface area is 333 Å². The van der Waals surface area contributed by atoms with E-state index in [2.05, 4.69) is 41.5 Å². The van der Waals surface area contributed by atoms with Gasteiger partial charge < -0.3 is 0 Å². The fourth-order valence-electron chi connectivity index (χ4n) is 7.28. The Balaban J connectivity index is 6.35. The summed E-state index contributed by atoms with van der Waals surface area (Å²) >= 11 is -7.48. The van der Waals surface area contributed by atoms with Crippen molar-refractivity contribution in [3.8, 4) is 0 Å². The molecule has 0 rings (SSSR count). The van der Waals surface area contributed by atoms with Crippen molar-refractivity contribution in [1.82, 2.24) is 0 Å². The van der Waals surface area contributed by atoms with Crippen LogP contribution in [0.3, 0.4) is 0 Å². The van der Waals surface area contributed by atoms with Crippen molar-refractivity contribution in [2.45, 2.75) is 267 Å². The molecule has 0 amide bonds. The number of unbranched alkanes of at least 4 members (excludes halogenated alkanes) is 27. The second kappa shape index (κ2) is 41.1. The average molecular weight is 939 g/mol.